The molecule has 24 heavy (non-hydrogen) atoms. The van der Waals surface area contributed by atoms with Crippen LogP contribution in [0.3, 0.4) is 0 Å². The number of amides is 2. The van der Waals surface area contributed by atoms with Gasteiger partial charge in [0.05, 0.1) is 16.5 Å². The molecule has 1 unspecified atom stereocenters. The Morgan fingerprint density at radius 1 is 1.08 bits per heavy atom. The number of carbonyl (C=O) groups excluding carboxylic acids is 2. The zero-order valence-corrected chi connectivity index (χ0v) is 14.7. The number of hydrogen-bond donors (Lipinski definition) is 1. The van der Waals surface area contributed by atoms with Crippen LogP contribution in [0.15, 0.2) is 57.9 Å². The Balaban J connectivity index is 1.92. The van der Waals surface area contributed by atoms with E-state index >= 15 is 0 Å². The average molecular weight is 409 g/mol. The molecule has 6 nitrogen and oxygen atoms in total. The van der Waals surface area contributed by atoms with Crippen LogP contribution < -0.4 is 10.0 Å². The average Bonchev–Trinajstić information content (AvgIpc) is 2.81. The molecule has 2 N–H and O–H groups in total. The SMILES string of the molecule is NS(=O)(=O)c1ccc(N2C(=O)CC(c3cccc(Br)c3)C2=O)cc1. The number of rotatable bonds is 3. The molecule has 1 aliphatic heterocycles. The van der Waals surface area contributed by atoms with Gasteiger partial charge in [0, 0.05) is 10.9 Å². The van der Waals surface area contributed by atoms with Crippen LogP contribution in [0.25, 0.3) is 0 Å². The molecule has 1 fully saturated rings. The first-order valence-corrected chi connectivity index (χ1v) is 9.36. The Hall–Kier alpha value is -2.03. The maximum Gasteiger partial charge on any atom is 0.241 e. The van der Waals surface area contributed by atoms with E-state index in [0.29, 0.717) is 5.69 Å². The van der Waals surface area contributed by atoms with Gasteiger partial charge in [0.15, 0.2) is 0 Å². The van der Waals surface area contributed by atoms with E-state index in [1.54, 1.807) is 12.1 Å². The van der Waals surface area contributed by atoms with Gasteiger partial charge in [-0.3, -0.25) is 14.5 Å². The van der Waals surface area contributed by atoms with Crippen molar-refractivity contribution in [1.82, 2.24) is 0 Å². The fraction of sp³-hybridized carbons (Fsp3) is 0.125. The highest BCUT2D eigenvalue weighted by molar-refractivity contribution is 9.10. The number of imide groups is 1. The van der Waals surface area contributed by atoms with Crippen molar-refractivity contribution in [1.29, 1.82) is 0 Å². The number of halogens is 1. The molecule has 0 aliphatic carbocycles. The summed E-state index contributed by atoms with van der Waals surface area (Å²) >= 11 is 3.35. The maximum atomic E-state index is 12.7. The van der Waals surface area contributed by atoms with E-state index in [9.17, 15) is 18.0 Å². The van der Waals surface area contributed by atoms with Crippen LogP contribution in [0.4, 0.5) is 5.69 Å². The fourth-order valence-electron chi connectivity index (χ4n) is 2.67. The predicted molar refractivity (Wildman–Crippen MR) is 91.8 cm³/mol. The Morgan fingerprint density at radius 2 is 1.75 bits per heavy atom. The van der Waals surface area contributed by atoms with Crippen LogP contribution in [-0.2, 0) is 19.6 Å². The van der Waals surface area contributed by atoms with Gasteiger partial charge in [-0.1, -0.05) is 28.1 Å². The lowest BCUT2D eigenvalue weighted by molar-refractivity contribution is -0.121. The van der Waals surface area contributed by atoms with E-state index in [-0.39, 0.29) is 23.1 Å². The number of hydrogen-bond acceptors (Lipinski definition) is 4. The molecule has 1 atom stereocenters. The highest BCUT2D eigenvalue weighted by Gasteiger charge is 2.40. The fourth-order valence-corrected chi connectivity index (χ4v) is 3.60. The van der Waals surface area contributed by atoms with E-state index < -0.39 is 15.9 Å². The van der Waals surface area contributed by atoms with Crippen molar-refractivity contribution >= 4 is 43.5 Å². The van der Waals surface area contributed by atoms with Crippen LogP contribution in [0.2, 0.25) is 0 Å². The van der Waals surface area contributed by atoms with Crippen LogP contribution in [-0.4, -0.2) is 20.2 Å². The summed E-state index contributed by atoms with van der Waals surface area (Å²) in [6.45, 7) is 0. The zero-order valence-electron chi connectivity index (χ0n) is 12.3. The molecule has 2 aromatic rings. The minimum absolute atomic E-state index is 0.0751. The summed E-state index contributed by atoms with van der Waals surface area (Å²) in [6.07, 6.45) is 0.0756. The molecular weight excluding hydrogens is 396 g/mol. The van der Waals surface area contributed by atoms with Gasteiger partial charge in [0.1, 0.15) is 0 Å². The molecule has 124 valence electrons. The van der Waals surface area contributed by atoms with E-state index in [1.807, 2.05) is 12.1 Å². The van der Waals surface area contributed by atoms with Gasteiger partial charge in [-0.15, -0.1) is 0 Å². The summed E-state index contributed by atoms with van der Waals surface area (Å²) in [6, 6.07) is 12.6. The monoisotopic (exact) mass is 408 g/mol. The quantitative estimate of drug-likeness (QED) is 0.786. The Morgan fingerprint density at radius 3 is 2.33 bits per heavy atom. The second-order valence-corrected chi connectivity index (χ2v) is 7.90. The number of primary sulfonamides is 1. The Kier molecular flexibility index (Phi) is 4.29. The van der Waals surface area contributed by atoms with E-state index in [1.165, 1.54) is 24.3 Å². The number of sulfonamides is 1. The molecule has 0 saturated carbocycles. The summed E-state index contributed by atoms with van der Waals surface area (Å²) in [5.74, 6) is -1.21. The lowest BCUT2D eigenvalue weighted by atomic mass is 9.98. The van der Waals surface area contributed by atoms with Crippen LogP contribution in [0.5, 0.6) is 0 Å². The highest BCUT2D eigenvalue weighted by atomic mass is 79.9. The van der Waals surface area contributed by atoms with E-state index in [2.05, 4.69) is 15.9 Å². The minimum Gasteiger partial charge on any atom is -0.274 e. The molecule has 8 heteroatoms. The zero-order chi connectivity index (χ0) is 17.5. The van der Waals surface area contributed by atoms with Crippen molar-refractivity contribution in [3.63, 3.8) is 0 Å². The standard InChI is InChI=1S/C16H13BrN2O4S/c17-11-3-1-2-10(8-11)14-9-15(20)19(16(14)21)12-4-6-13(7-5-12)24(18,22)23/h1-8,14H,9H2,(H2,18,22,23). The van der Waals surface area contributed by atoms with Crippen molar-refractivity contribution < 1.29 is 18.0 Å². The first-order valence-electron chi connectivity index (χ1n) is 7.02. The van der Waals surface area contributed by atoms with Crippen molar-refractivity contribution in [2.75, 3.05) is 4.90 Å². The molecule has 1 aliphatic rings. The molecule has 0 radical (unpaired) electrons. The van der Waals surface area contributed by atoms with Gasteiger partial charge in [0.2, 0.25) is 21.8 Å². The number of anilines is 1. The first-order chi connectivity index (χ1) is 11.3. The Bertz CT molecular complexity index is 925. The molecule has 1 saturated heterocycles. The topological polar surface area (TPSA) is 97.5 Å². The third-order valence-corrected chi connectivity index (χ3v) is 5.24. The summed E-state index contributed by atoms with van der Waals surface area (Å²) in [5, 5.41) is 5.05. The van der Waals surface area contributed by atoms with Gasteiger partial charge in [-0.2, -0.15) is 0 Å². The predicted octanol–water partition coefficient (Wildman–Crippen LogP) is 2.14. The molecule has 2 aromatic carbocycles. The van der Waals surface area contributed by atoms with Gasteiger partial charge < -0.3 is 0 Å². The number of nitrogens with zero attached hydrogens (tertiary/aromatic N) is 1. The molecule has 3 rings (SSSR count). The molecule has 2 amide bonds. The van der Waals surface area contributed by atoms with Crippen molar-refractivity contribution in [2.24, 2.45) is 5.14 Å². The van der Waals surface area contributed by atoms with Crippen LogP contribution in [0.1, 0.15) is 17.9 Å². The maximum absolute atomic E-state index is 12.7. The third kappa shape index (κ3) is 3.12. The summed E-state index contributed by atoms with van der Waals surface area (Å²) in [7, 11) is -3.82. The van der Waals surface area contributed by atoms with Gasteiger partial charge in [-0.25, -0.2) is 13.6 Å². The van der Waals surface area contributed by atoms with Crippen molar-refractivity contribution in [2.45, 2.75) is 17.2 Å². The van der Waals surface area contributed by atoms with Crippen molar-refractivity contribution in [3.05, 3.63) is 58.6 Å². The molecule has 1 heterocycles. The lowest BCUT2D eigenvalue weighted by Crippen LogP contribution is -2.30. The minimum atomic E-state index is -3.82. The van der Waals surface area contributed by atoms with Crippen LogP contribution in [0, 0.1) is 0 Å². The molecule has 0 spiro atoms. The van der Waals surface area contributed by atoms with Gasteiger partial charge in [-0.05, 0) is 42.0 Å². The van der Waals surface area contributed by atoms with Crippen molar-refractivity contribution in [3.8, 4) is 0 Å². The lowest BCUT2D eigenvalue weighted by Gasteiger charge is -2.15. The van der Waals surface area contributed by atoms with Gasteiger partial charge >= 0.3 is 0 Å². The third-order valence-electron chi connectivity index (χ3n) is 3.82. The van der Waals surface area contributed by atoms with Gasteiger partial charge in [0.25, 0.3) is 0 Å². The number of benzene rings is 2. The second kappa shape index (κ2) is 6.12. The highest BCUT2D eigenvalue weighted by Crippen LogP contribution is 2.34. The second-order valence-electron chi connectivity index (χ2n) is 5.42. The van der Waals surface area contributed by atoms with E-state index in [0.717, 1.165) is 14.9 Å². The molecular formula is C16H13BrN2O4S. The first kappa shape index (κ1) is 16.8. The summed E-state index contributed by atoms with van der Waals surface area (Å²) in [5.41, 5.74) is 1.08. The van der Waals surface area contributed by atoms with E-state index in [4.69, 9.17) is 5.14 Å². The number of carbonyl (C=O) groups is 2. The molecule has 0 aromatic heterocycles. The largest absolute Gasteiger partial charge is 0.274 e. The normalized spacial score (nSPS) is 18.2. The smallest absolute Gasteiger partial charge is 0.241 e. The Labute approximate surface area is 147 Å². The molecule has 0 bridgehead atoms. The number of nitrogens with two attached hydrogens (primary N) is 1. The summed E-state index contributed by atoms with van der Waals surface area (Å²) in [4.78, 5) is 25.9. The van der Waals surface area contributed by atoms with Crippen LogP contribution >= 0.6 is 15.9 Å². The summed E-state index contributed by atoms with van der Waals surface area (Å²) < 4.78 is 23.4.